The van der Waals surface area contributed by atoms with Gasteiger partial charge in [-0.1, -0.05) is 25.3 Å². The topological polar surface area (TPSA) is 112 Å². The Bertz CT molecular complexity index is 1240. The van der Waals surface area contributed by atoms with E-state index in [0.717, 1.165) is 46.7 Å². The van der Waals surface area contributed by atoms with Crippen molar-refractivity contribution in [3.8, 4) is 6.07 Å². The molecule has 8 nitrogen and oxygen atoms in total. The van der Waals surface area contributed by atoms with Crippen molar-refractivity contribution in [3.63, 3.8) is 0 Å². The highest BCUT2D eigenvalue weighted by atomic mass is 32.2. The normalized spacial score (nSPS) is 15.8. The van der Waals surface area contributed by atoms with Crippen LogP contribution in [0.2, 0.25) is 0 Å². The molecule has 38 heavy (non-hydrogen) atoms. The Morgan fingerprint density at radius 3 is 2.66 bits per heavy atom. The summed E-state index contributed by atoms with van der Waals surface area (Å²) in [4.78, 5) is 41.2. The lowest BCUT2D eigenvalue weighted by Crippen LogP contribution is -2.39. The minimum absolute atomic E-state index is 0.0699. The molecule has 1 aliphatic carbocycles. The molecule has 1 aliphatic heterocycles. The molecule has 4 rings (SSSR count). The molecular weight excluding hydrogens is 520 g/mol. The predicted molar refractivity (Wildman–Crippen MR) is 150 cm³/mol. The second-order valence-corrected chi connectivity index (χ2v) is 12.8. The Balaban J connectivity index is 1.33. The van der Waals surface area contributed by atoms with Crippen LogP contribution in [-0.4, -0.2) is 40.7 Å². The average molecular weight is 555 g/mol. The van der Waals surface area contributed by atoms with Crippen LogP contribution in [0, 0.1) is 17.2 Å². The summed E-state index contributed by atoms with van der Waals surface area (Å²) in [5, 5.41) is 16.2. The summed E-state index contributed by atoms with van der Waals surface area (Å²) in [7, 11) is 0. The molecule has 3 amide bonds. The minimum atomic E-state index is -0.581. The van der Waals surface area contributed by atoms with Gasteiger partial charge in [-0.2, -0.15) is 5.26 Å². The molecule has 202 valence electrons. The number of hydrogen-bond donors (Lipinski definition) is 2. The van der Waals surface area contributed by atoms with E-state index in [0.29, 0.717) is 30.1 Å². The number of ether oxygens (including phenoxy) is 1. The third-order valence-corrected chi connectivity index (χ3v) is 8.65. The highest BCUT2D eigenvalue weighted by Gasteiger charge is 2.30. The van der Waals surface area contributed by atoms with Gasteiger partial charge in [-0.3, -0.25) is 9.59 Å². The third kappa shape index (κ3) is 7.29. The number of benzene rings is 1. The number of thioether (sulfide) groups is 1. The number of nitriles is 1. The molecule has 0 saturated heterocycles. The molecule has 2 N–H and O–H groups in total. The lowest BCUT2D eigenvalue weighted by atomic mass is 9.88. The molecule has 0 spiro atoms. The smallest absolute Gasteiger partial charge is 0.410 e. The number of anilines is 2. The number of rotatable bonds is 6. The van der Waals surface area contributed by atoms with E-state index in [9.17, 15) is 19.6 Å². The van der Waals surface area contributed by atoms with E-state index in [1.54, 1.807) is 4.90 Å². The van der Waals surface area contributed by atoms with Crippen LogP contribution < -0.4 is 10.6 Å². The average Bonchev–Trinajstić information content (AvgIpc) is 3.23. The summed E-state index contributed by atoms with van der Waals surface area (Å²) in [6.07, 6.45) is 5.45. The fourth-order valence-electron chi connectivity index (χ4n) is 4.68. The molecule has 1 fully saturated rings. The van der Waals surface area contributed by atoms with Crippen molar-refractivity contribution in [3.05, 3.63) is 40.3 Å². The van der Waals surface area contributed by atoms with E-state index in [2.05, 4.69) is 16.7 Å². The van der Waals surface area contributed by atoms with Gasteiger partial charge in [-0.15, -0.1) is 23.1 Å². The van der Waals surface area contributed by atoms with Crippen LogP contribution in [-0.2, 0) is 27.3 Å². The second kappa shape index (κ2) is 12.2. The molecule has 2 heterocycles. The largest absolute Gasteiger partial charge is 0.444 e. The van der Waals surface area contributed by atoms with E-state index < -0.39 is 5.60 Å². The number of carbonyl (C=O) groups is 3. The van der Waals surface area contributed by atoms with Crippen LogP contribution in [0.15, 0.2) is 29.2 Å². The number of amides is 3. The molecule has 0 atom stereocenters. The molecular formula is C28H34N4O4S2. The molecule has 1 aromatic heterocycles. The molecule has 1 aromatic carbocycles. The maximum absolute atomic E-state index is 12.8. The summed E-state index contributed by atoms with van der Waals surface area (Å²) in [6.45, 7) is 6.30. The first-order valence-electron chi connectivity index (χ1n) is 13.0. The van der Waals surface area contributed by atoms with Gasteiger partial charge < -0.3 is 20.3 Å². The van der Waals surface area contributed by atoms with Crippen LogP contribution in [0.4, 0.5) is 15.5 Å². The van der Waals surface area contributed by atoms with Gasteiger partial charge in [-0.05, 0) is 63.8 Å². The zero-order valence-electron chi connectivity index (χ0n) is 22.1. The maximum Gasteiger partial charge on any atom is 0.410 e. The molecule has 10 heteroatoms. The van der Waals surface area contributed by atoms with Crippen LogP contribution in [0.5, 0.6) is 0 Å². The molecule has 0 radical (unpaired) electrons. The summed E-state index contributed by atoms with van der Waals surface area (Å²) in [6, 6.07) is 9.75. The van der Waals surface area contributed by atoms with Gasteiger partial charge in [-0.25, -0.2) is 4.79 Å². The molecule has 0 unspecified atom stereocenters. The zero-order valence-corrected chi connectivity index (χ0v) is 23.7. The Morgan fingerprint density at radius 2 is 1.95 bits per heavy atom. The van der Waals surface area contributed by atoms with Crippen molar-refractivity contribution in [1.82, 2.24) is 4.90 Å². The third-order valence-electron chi connectivity index (χ3n) is 6.52. The van der Waals surface area contributed by atoms with Gasteiger partial charge in [0.05, 0.1) is 17.9 Å². The quantitative estimate of drug-likeness (QED) is 0.414. The van der Waals surface area contributed by atoms with E-state index >= 15 is 0 Å². The Labute approximate surface area is 232 Å². The van der Waals surface area contributed by atoms with Crippen molar-refractivity contribution in [2.75, 3.05) is 22.9 Å². The monoisotopic (exact) mass is 554 g/mol. The summed E-state index contributed by atoms with van der Waals surface area (Å²) in [5.74, 6) is 0.0941. The highest BCUT2D eigenvalue weighted by Crippen LogP contribution is 2.37. The number of nitrogens with one attached hydrogen (secondary N) is 2. The van der Waals surface area contributed by atoms with E-state index in [-0.39, 0.29) is 29.6 Å². The van der Waals surface area contributed by atoms with Crippen molar-refractivity contribution in [2.45, 2.75) is 76.3 Å². The van der Waals surface area contributed by atoms with Crippen LogP contribution in [0.25, 0.3) is 0 Å². The molecule has 2 aliphatic rings. The van der Waals surface area contributed by atoms with Crippen molar-refractivity contribution >= 4 is 51.7 Å². The van der Waals surface area contributed by atoms with Gasteiger partial charge in [0.2, 0.25) is 11.8 Å². The number of fused-ring (bicyclic) bond motifs is 1. The van der Waals surface area contributed by atoms with Gasteiger partial charge in [0, 0.05) is 27.9 Å². The van der Waals surface area contributed by atoms with Gasteiger partial charge >= 0.3 is 6.09 Å². The van der Waals surface area contributed by atoms with Crippen molar-refractivity contribution in [1.29, 1.82) is 5.26 Å². The second-order valence-electron chi connectivity index (χ2n) is 10.7. The van der Waals surface area contributed by atoms with Crippen molar-refractivity contribution in [2.24, 2.45) is 5.92 Å². The highest BCUT2D eigenvalue weighted by molar-refractivity contribution is 8.00. The lowest BCUT2D eigenvalue weighted by Gasteiger charge is -2.29. The minimum Gasteiger partial charge on any atom is -0.444 e. The van der Waals surface area contributed by atoms with E-state index in [1.165, 1.54) is 29.5 Å². The van der Waals surface area contributed by atoms with E-state index in [4.69, 9.17) is 4.74 Å². The zero-order chi connectivity index (χ0) is 27.3. The molecule has 2 aromatic rings. The van der Waals surface area contributed by atoms with Crippen molar-refractivity contribution < 1.29 is 19.1 Å². The first-order chi connectivity index (χ1) is 18.1. The maximum atomic E-state index is 12.8. The van der Waals surface area contributed by atoms with Crippen LogP contribution >= 0.6 is 23.1 Å². The summed E-state index contributed by atoms with van der Waals surface area (Å²) >= 11 is 2.71. The number of carbonyl (C=O) groups excluding carboxylic acids is 3. The lowest BCUT2D eigenvalue weighted by molar-refractivity contribution is -0.120. The fourth-order valence-corrected chi connectivity index (χ4v) is 6.66. The number of nitrogens with zero attached hydrogens (tertiary/aromatic N) is 2. The standard InChI is InChI=1S/C28H34N4O4S2/c1-28(2,3)36-27(35)32-13-12-21-22(15-29)26(38-23(21)16-32)31-24(33)17-37-20-11-7-10-19(14-20)30-25(34)18-8-5-4-6-9-18/h7,10-11,14,18H,4-6,8-9,12-13,16-17H2,1-3H3,(H,30,34)(H,31,33). The molecule has 0 bridgehead atoms. The Hall–Kier alpha value is -3.03. The SMILES string of the molecule is CC(C)(C)OC(=O)N1CCc2c(sc(NC(=O)CSc3cccc(NC(=O)C4CCCCC4)c3)c2C#N)C1. The fraction of sp³-hybridized carbons (Fsp3) is 0.500. The van der Waals surface area contributed by atoms with E-state index in [1.807, 2.05) is 45.0 Å². The van der Waals surface area contributed by atoms with Crippen LogP contribution in [0.3, 0.4) is 0 Å². The number of thiophene rings is 1. The first kappa shape index (κ1) is 28.0. The van der Waals surface area contributed by atoms with Gasteiger partial charge in [0.1, 0.15) is 16.7 Å². The predicted octanol–water partition coefficient (Wildman–Crippen LogP) is 6.16. The summed E-state index contributed by atoms with van der Waals surface area (Å²) < 4.78 is 5.49. The van der Waals surface area contributed by atoms with Gasteiger partial charge in [0.15, 0.2) is 0 Å². The van der Waals surface area contributed by atoms with Crippen LogP contribution in [0.1, 0.15) is 68.9 Å². The summed E-state index contributed by atoms with van der Waals surface area (Å²) in [5.41, 5.74) is 1.52. The Kier molecular flexibility index (Phi) is 9.00. The first-order valence-corrected chi connectivity index (χ1v) is 14.8. The Morgan fingerprint density at radius 1 is 1.18 bits per heavy atom. The van der Waals surface area contributed by atoms with Gasteiger partial charge in [0.25, 0.3) is 0 Å². The molecule has 1 saturated carbocycles. The number of hydrogen-bond acceptors (Lipinski definition) is 7.